The highest BCUT2D eigenvalue weighted by atomic mass is 16.3. The first kappa shape index (κ1) is 14.9. The third-order valence-corrected chi connectivity index (χ3v) is 3.57. The van der Waals surface area contributed by atoms with Crippen LogP contribution in [0, 0.1) is 0 Å². The molecule has 0 aliphatic rings. The lowest BCUT2D eigenvalue weighted by molar-refractivity contribution is 0.395. The van der Waals surface area contributed by atoms with Crippen molar-refractivity contribution in [3.63, 3.8) is 0 Å². The van der Waals surface area contributed by atoms with E-state index in [1.165, 1.54) is 44.6 Å². The fourth-order valence-electron chi connectivity index (χ4n) is 2.33. The van der Waals surface area contributed by atoms with Gasteiger partial charge in [0.25, 0.3) is 0 Å². The molecule has 0 heterocycles. The molecule has 0 saturated heterocycles. The summed E-state index contributed by atoms with van der Waals surface area (Å²) in [7, 11) is 0. The standard InChI is InChI=1S/C16H26O2/c1-3-4-5-6-7-8-10-13(2)14-11-9-12-15(17)16(14)18/h9,11-13,17-18H,3-8,10H2,1-2H3. The second-order valence-corrected chi connectivity index (χ2v) is 5.17. The van der Waals surface area contributed by atoms with Crippen LogP contribution in [-0.2, 0) is 0 Å². The highest BCUT2D eigenvalue weighted by molar-refractivity contribution is 5.45. The monoisotopic (exact) mass is 250 g/mol. The predicted molar refractivity (Wildman–Crippen MR) is 76.2 cm³/mol. The molecule has 1 aromatic rings. The molecule has 2 nitrogen and oxygen atoms in total. The van der Waals surface area contributed by atoms with Crippen molar-refractivity contribution in [1.29, 1.82) is 0 Å². The predicted octanol–water partition coefficient (Wildman–Crippen LogP) is 4.95. The summed E-state index contributed by atoms with van der Waals surface area (Å²) in [5, 5.41) is 19.3. The average Bonchev–Trinajstić information content (AvgIpc) is 2.36. The highest BCUT2D eigenvalue weighted by Crippen LogP contribution is 2.35. The van der Waals surface area contributed by atoms with Gasteiger partial charge in [0.05, 0.1) is 0 Å². The Balaban J connectivity index is 2.32. The normalized spacial score (nSPS) is 12.6. The Morgan fingerprint density at radius 3 is 2.39 bits per heavy atom. The largest absolute Gasteiger partial charge is 0.504 e. The van der Waals surface area contributed by atoms with Crippen molar-refractivity contribution in [3.8, 4) is 11.5 Å². The van der Waals surface area contributed by atoms with E-state index in [1.807, 2.05) is 6.07 Å². The van der Waals surface area contributed by atoms with Gasteiger partial charge < -0.3 is 10.2 Å². The fourth-order valence-corrected chi connectivity index (χ4v) is 2.33. The second-order valence-electron chi connectivity index (χ2n) is 5.17. The first-order valence-corrected chi connectivity index (χ1v) is 7.17. The molecule has 1 atom stereocenters. The van der Waals surface area contributed by atoms with E-state index in [-0.39, 0.29) is 11.5 Å². The van der Waals surface area contributed by atoms with E-state index >= 15 is 0 Å². The van der Waals surface area contributed by atoms with E-state index in [4.69, 9.17) is 0 Å². The van der Waals surface area contributed by atoms with Gasteiger partial charge in [0, 0.05) is 5.56 Å². The van der Waals surface area contributed by atoms with Gasteiger partial charge in [-0.3, -0.25) is 0 Å². The average molecular weight is 250 g/mol. The van der Waals surface area contributed by atoms with E-state index in [2.05, 4.69) is 13.8 Å². The molecule has 0 saturated carbocycles. The zero-order valence-electron chi connectivity index (χ0n) is 11.7. The summed E-state index contributed by atoms with van der Waals surface area (Å²) in [5.41, 5.74) is 0.864. The summed E-state index contributed by atoms with van der Waals surface area (Å²) in [6.45, 7) is 4.34. The molecule has 0 amide bonds. The molecule has 2 heteroatoms. The highest BCUT2D eigenvalue weighted by Gasteiger charge is 2.12. The number of unbranched alkanes of at least 4 members (excludes halogenated alkanes) is 5. The van der Waals surface area contributed by atoms with Crippen LogP contribution in [0.5, 0.6) is 11.5 Å². The van der Waals surface area contributed by atoms with Crippen LogP contribution < -0.4 is 0 Å². The number of phenols is 2. The minimum Gasteiger partial charge on any atom is -0.504 e. The first-order chi connectivity index (χ1) is 8.66. The molecule has 0 spiro atoms. The van der Waals surface area contributed by atoms with E-state index in [9.17, 15) is 10.2 Å². The molecule has 1 aromatic carbocycles. The lowest BCUT2D eigenvalue weighted by Gasteiger charge is -2.14. The summed E-state index contributed by atoms with van der Waals surface area (Å²) in [5.74, 6) is 0.349. The van der Waals surface area contributed by atoms with Crippen molar-refractivity contribution in [3.05, 3.63) is 23.8 Å². The summed E-state index contributed by atoms with van der Waals surface area (Å²) >= 11 is 0. The van der Waals surface area contributed by atoms with Crippen LogP contribution in [0.4, 0.5) is 0 Å². The van der Waals surface area contributed by atoms with Crippen LogP contribution in [0.25, 0.3) is 0 Å². The Labute approximate surface area is 111 Å². The number of hydrogen-bond donors (Lipinski definition) is 2. The van der Waals surface area contributed by atoms with Gasteiger partial charge >= 0.3 is 0 Å². The van der Waals surface area contributed by atoms with E-state index < -0.39 is 0 Å². The molecule has 0 aliphatic heterocycles. The van der Waals surface area contributed by atoms with Gasteiger partial charge in [0.15, 0.2) is 11.5 Å². The molecule has 102 valence electrons. The van der Waals surface area contributed by atoms with Crippen LogP contribution in [0.1, 0.15) is 70.3 Å². The maximum absolute atomic E-state index is 9.79. The molecule has 0 aliphatic carbocycles. The lowest BCUT2D eigenvalue weighted by Crippen LogP contribution is -1.94. The SMILES string of the molecule is CCCCCCCCC(C)c1cccc(O)c1O. The number of aromatic hydroxyl groups is 2. The molecular weight excluding hydrogens is 224 g/mol. The maximum atomic E-state index is 9.79. The van der Waals surface area contributed by atoms with E-state index in [0.717, 1.165) is 12.0 Å². The van der Waals surface area contributed by atoms with Gasteiger partial charge in [-0.05, 0) is 18.4 Å². The minimum absolute atomic E-state index is 0.0118. The van der Waals surface area contributed by atoms with Gasteiger partial charge in [-0.1, -0.05) is 64.5 Å². The summed E-state index contributed by atoms with van der Waals surface area (Å²) in [6, 6.07) is 5.22. The van der Waals surface area contributed by atoms with Crippen LogP contribution >= 0.6 is 0 Å². The van der Waals surface area contributed by atoms with Crippen molar-refractivity contribution in [2.24, 2.45) is 0 Å². The van der Waals surface area contributed by atoms with Crippen LogP contribution in [0.15, 0.2) is 18.2 Å². The van der Waals surface area contributed by atoms with Gasteiger partial charge in [-0.15, -0.1) is 0 Å². The summed E-state index contributed by atoms with van der Waals surface area (Å²) < 4.78 is 0. The number of hydrogen-bond acceptors (Lipinski definition) is 2. The van der Waals surface area contributed by atoms with Crippen LogP contribution in [0.2, 0.25) is 0 Å². The van der Waals surface area contributed by atoms with Gasteiger partial charge in [-0.2, -0.15) is 0 Å². The number of rotatable bonds is 8. The Morgan fingerprint density at radius 1 is 1.00 bits per heavy atom. The molecule has 0 radical (unpaired) electrons. The molecule has 2 N–H and O–H groups in total. The third kappa shape index (κ3) is 4.59. The molecule has 0 fully saturated rings. The van der Waals surface area contributed by atoms with Crippen molar-refractivity contribution >= 4 is 0 Å². The molecule has 0 aromatic heterocycles. The zero-order valence-corrected chi connectivity index (χ0v) is 11.7. The maximum Gasteiger partial charge on any atom is 0.160 e. The molecular formula is C16H26O2. The van der Waals surface area contributed by atoms with Gasteiger partial charge in [0.1, 0.15) is 0 Å². The van der Waals surface area contributed by atoms with Crippen molar-refractivity contribution in [2.75, 3.05) is 0 Å². The Hall–Kier alpha value is -1.18. The smallest absolute Gasteiger partial charge is 0.160 e. The quantitative estimate of drug-likeness (QED) is 0.506. The van der Waals surface area contributed by atoms with Crippen molar-refractivity contribution < 1.29 is 10.2 Å². The van der Waals surface area contributed by atoms with Gasteiger partial charge in [-0.25, -0.2) is 0 Å². The van der Waals surface area contributed by atoms with Crippen molar-refractivity contribution in [1.82, 2.24) is 0 Å². The minimum atomic E-state index is -0.0118. The topological polar surface area (TPSA) is 40.5 Å². The van der Waals surface area contributed by atoms with E-state index in [0.29, 0.717) is 5.92 Å². The fraction of sp³-hybridized carbons (Fsp3) is 0.625. The zero-order chi connectivity index (χ0) is 13.4. The first-order valence-electron chi connectivity index (χ1n) is 7.17. The number of para-hydroxylation sites is 1. The van der Waals surface area contributed by atoms with Gasteiger partial charge in [0.2, 0.25) is 0 Å². The number of benzene rings is 1. The van der Waals surface area contributed by atoms with Crippen molar-refractivity contribution in [2.45, 2.75) is 64.7 Å². The molecule has 18 heavy (non-hydrogen) atoms. The Bertz CT molecular complexity index is 347. The molecule has 1 unspecified atom stereocenters. The summed E-state index contributed by atoms with van der Waals surface area (Å²) in [4.78, 5) is 0. The second kappa shape index (κ2) is 8.02. The Kier molecular flexibility index (Phi) is 6.63. The number of phenolic OH excluding ortho intramolecular Hbond substituents is 2. The van der Waals surface area contributed by atoms with Crippen LogP contribution in [0.3, 0.4) is 0 Å². The third-order valence-electron chi connectivity index (χ3n) is 3.57. The molecule has 1 rings (SSSR count). The Morgan fingerprint density at radius 2 is 1.67 bits per heavy atom. The van der Waals surface area contributed by atoms with Crippen LogP contribution in [-0.4, -0.2) is 10.2 Å². The lowest BCUT2D eigenvalue weighted by atomic mass is 9.93. The van der Waals surface area contributed by atoms with E-state index in [1.54, 1.807) is 6.07 Å². The summed E-state index contributed by atoms with van der Waals surface area (Å²) in [6.07, 6.45) is 8.80. The molecule has 0 bridgehead atoms.